The molecule has 0 unspecified atom stereocenters. The van der Waals surface area contributed by atoms with Crippen molar-refractivity contribution < 1.29 is 4.42 Å². The molecule has 0 amide bonds. The van der Waals surface area contributed by atoms with Gasteiger partial charge in [0.15, 0.2) is 0 Å². The lowest BCUT2D eigenvalue weighted by atomic mass is 10.2. The summed E-state index contributed by atoms with van der Waals surface area (Å²) < 4.78 is 4.58. The van der Waals surface area contributed by atoms with Gasteiger partial charge in [0.2, 0.25) is 0 Å². The van der Waals surface area contributed by atoms with Crippen molar-refractivity contribution in [3.8, 4) is 12.1 Å². The quantitative estimate of drug-likeness (QED) is 0.511. The van der Waals surface area contributed by atoms with Gasteiger partial charge in [0.1, 0.15) is 35.8 Å². The highest BCUT2D eigenvalue weighted by atomic mass is 16.3. The van der Waals surface area contributed by atoms with E-state index in [1.165, 1.54) is 12.5 Å². The van der Waals surface area contributed by atoms with Crippen LogP contribution in [-0.4, -0.2) is 0 Å². The maximum Gasteiger partial charge on any atom is 0.109 e. The molecule has 1 aromatic heterocycles. The first-order valence-electron chi connectivity index (χ1n) is 2.25. The van der Waals surface area contributed by atoms with Crippen LogP contribution >= 0.6 is 0 Å². The summed E-state index contributed by atoms with van der Waals surface area (Å²) in [6.45, 7) is 0. The van der Waals surface area contributed by atoms with E-state index >= 15 is 0 Å². The average Bonchev–Trinajstić information content (AvgIpc) is 2.33. The number of furan rings is 1. The minimum atomic E-state index is 0.289. The molecule has 1 aromatic rings. The number of hydrogen-bond acceptors (Lipinski definition) is 3. The van der Waals surface area contributed by atoms with Crippen LogP contribution in [0.5, 0.6) is 0 Å². The maximum atomic E-state index is 8.28. The van der Waals surface area contributed by atoms with E-state index < -0.39 is 0 Å². The van der Waals surface area contributed by atoms with Crippen molar-refractivity contribution in [2.45, 2.75) is 0 Å². The van der Waals surface area contributed by atoms with Gasteiger partial charge >= 0.3 is 0 Å². The molecule has 0 bridgehead atoms. The Morgan fingerprint density at radius 2 is 1.56 bits per heavy atom. The van der Waals surface area contributed by atoms with Crippen molar-refractivity contribution in [1.82, 2.24) is 0 Å². The SMILES string of the molecule is N#Cc1cocc1C#N. The highest BCUT2D eigenvalue weighted by molar-refractivity contribution is 5.41. The van der Waals surface area contributed by atoms with E-state index in [-0.39, 0.29) is 11.1 Å². The van der Waals surface area contributed by atoms with Crippen molar-refractivity contribution in [3.63, 3.8) is 0 Å². The normalized spacial score (nSPS) is 7.78. The topological polar surface area (TPSA) is 60.7 Å². The summed E-state index contributed by atoms with van der Waals surface area (Å²) in [4.78, 5) is 0. The fraction of sp³-hybridized carbons (Fsp3) is 0. The van der Waals surface area contributed by atoms with E-state index in [9.17, 15) is 0 Å². The molecule has 0 aromatic carbocycles. The van der Waals surface area contributed by atoms with E-state index in [2.05, 4.69) is 4.42 Å². The van der Waals surface area contributed by atoms with E-state index in [0.29, 0.717) is 0 Å². The summed E-state index contributed by atoms with van der Waals surface area (Å²) in [7, 11) is 0. The van der Waals surface area contributed by atoms with Crippen LogP contribution in [0.3, 0.4) is 0 Å². The van der Waals surface area contributed by atoms with Gasteiger partial charge in [-0.1, -0.05) is 0 Å². The maximum absolute atomic E-state index is 8.28. The fourth-order valence-electron chi connectivity index (χ4n) is 0.470. The van der Waals surface area contributed by atoms with E-state index in [1.807, 2.05) is 12.1 Å². The van der Waals surface area contributed by atoms with Crippen LogP contribution in [0.2, 0.25) is 0 Å². The lowest BCUT2D eigenvalue weighted by molar-refractivity contribution is 0.566. The van der Waals surface area contributed by atoms with Crippen molar-refractivity contribution in [3.05, 3.63) is 23.7 Å². The van der Waals surface area contributed by atoms with Crippen molar-refractivity contribution in [1.29, 1.82) is 10.5 Å². The molecular formula is C6H2N2O. The average molecular weight is 118 g/mol. The molecule has 9 heavy (non-hydrogen) atoms. The standard InChI is InChI=1S/C6H2N2O/c7-1-5-3-9-4-6(5)2-8/h3-4H. The number of nitriles is 2. The Balaban J connectivity index is 3.22. The zero-order valence-corrected chi connectivity index (χ0v) is 4.46. The molecule has 1 rings (SSSR count). The van der Waals surface area contributed by atoms with Crippen LogP contribution in [0.25, 0.3) is 0 Å². The van der Waals surface area contributed by atoms with Crippen molar-refractivity contribution in [2.24, 2.45) is 0 Å². The van der Waals surface area contributed by atoms with Gasteiger partial charge in [-0.25, -0.2) is 0 Å². The van der Waals surface area contributed by atoms with Gasteiger partial charge in [0.25, 0.3) is 0 Å². The first-order valence-corrected chi connectivity index (χ1v) is 2.25. The first-order chi connectivity index (χ1) is 4.38. The summed E-state index contributed by atoms with van der Waals surface area (Å²) in [6.07, 6.45) is 2.50. The Bertz CT molecular complexity index is 258. The van der Waals surface area contributed by atoms with Crippen LogP contribution in [0.15, 0.2) is 16.9 Å². The molecule has 0 atom stereocenters. The molecule has 0 spiro atoms. The summed E-state index contributed by atoms with van der Waals surface area (Å²) in [6, 6.07) is 3.62. The first kappa shape index (κ1) is 5.40. The molecule has 0 N–H and O–H groups in total. The zero-order valence-electron chi connectivity index (χ0n) is 4.46. The smallest absolute Gasteiger partial charge is 0.109 e. The van der Waals surface area contributed by atoms with Crippen LogP contribution in [0.4, 0.5) is 0 Å². The molecule has 42 valence electrons. The van der Waals surface area contributed by atoms with Crippen LogP contribution in [-0.2, 0) is 0 Å². The van der Waals surface area contributed by atoms with Gasteiger partial charge in [-0.3, -0.25) is 0 Å². The summed E-state index contributed by atoms with van der Waals surface area (Å²) in [5, 5.41) is 16.6. The Labute approximate surface area is 51.7 Å². The second-order valence-electron chi connectivity index (χ2n) is 1.42. The molecule has 3 nitrogen and oxygen atoms in total. The Kier molecular flexibility index (Phi) is 1.21. The molecule has 1 heterocycles. The number of hydrogen-bond donors (Lipinski definition) is 0. The third kappa shape index (κ3) is 0.756. The second kappa shape index (κ2) is 2.02. The second-order valence-corrected chi connectivity index (χ2v) is 1.42. The molecular weight excluding hydrogens is 116 g/mol. The van der Waals surface area contributed by atoms with Gasteiger partial charge in [0, 0.05) is 0 Å². The molecule has 0 aliphatic carbocycles. The Hall–Kier alpha value is -1.74. The van der Waals surface area contributed by atoms with E-state index in [1.54, 1.807) is 0 Å². The zero-order chi connectivity index (χ0) is 6.69. The highest BCUT2D eigenvalue weighted by Crippen LogP contribution is 2.05. The Morgan fingerprint density at radius 1 is 1.11 bits per heavy atom. The van der Waals surface area contributed by atoms with Gasteiger partial charge < -0.3 is 4.42 Å². The van der Waals surface area contributed by atoms with Crippen molar-refractivity contribution >= 4 is 0 Å². The largest absolute Gasteiger partial charge is 0.470 e. The molecule has 0 aliphatic heterocycles. The molecule has 3 heteroatoms. The molecule has 0 saturated heterocycles. The monoisotopic (exact) mass is 118 g/mol. The predicted molar refractivity (Wildman–Crippen MR) is 28.1 cm³/mol. The predicted octanol–water partition coefficient (Wildman–Crippen LogP) is 1.02. The minimum Gasteiger partial charge on any atom is -0.470 e. The van der Waals surface area contributed by atoms with Gasteiger partial charge in [-0.2, -0.15) is 10.5 Å². The number of rotatable bonds is 0. The van der Waals surface area contributed by atoms with Crippen LogP contribution < -0.4 is 0 Å². The summed E-state index contributed by atoms with van der Waals surface area (Å²) >= 11 is 0. The van der Waals surface area contributed by atoms with Crippen molar-refractivity contribution in [2.75, 3.05) is 0 Å². The summed E-state index contributed by atoms with van der Waals surface area (Å²) in [5.41, 5.74) is 0.579. The van der Waals surface area contributed by atoms with Gasteiger partial charge in [0.05, 0.1) is 0 Å². The van der Waals surface area contributed by atoms with Gasteiger partial charge in [-0.15, -0.1) is 0 Å². The molecule has 0 radical (unpaired) electrons. The molecule has 0 fully saturated rings. The third-order valence-corrected chi connectivity index (χ3v) is 0.903. The van der Waals surface area contributed by atoms with E-state index in [0.717, 1.165) is 0 Å². The highest BCUT2D eigenvalue weighted by Gasteiger charge is 2.00. The third-order valence-electron chi connectivity index (χ3n) is 0.903. The van der Waals surface area contributed by atoms with E-state index in [4.69, 9.17) is 10.5 Å². The lowest BCUT2D eigenvalue weighted by Crippen LogP contribution is -1.70. The summed E-state index contributed by atoms with van der Waals surface area (Å²) in [5.74, 6) is 0. The fourth-order valence-corrected chi connectivity index (χ4v) is 0.470. The lowest BCUT2D eigenvalue weighted by Gasteiger charge is -1.70. The number of nitrogens with zero attached hydrogens (tertiary/aromatic N) is 2. The molecule has 0 saturated carbocycles. The minimum absolute atomic E-state index is 0.289. The Morgan fingerprint density at radius 3 is 1.89 bits per heavy atom. The van der Waals surface area contributed by atoms with Gasteiger partial charge in [-0.05, 0) is 0 Å². The van der Waals surface area contributed by atoms with Crippen LogP contribution in [0.1, 0.15) is 11.1 Å². The molecule has 0 aliphatic rings. The van der Waals surface area contributed by atoms with Crippen LogP contribution in [0, 0.1) is 22.7 Å².